The van der Waals surface area contributed by atoms with Crippen LogP contribution in [0.15, 0.2) is 82.7 Å². The number of carbonyl (C=O) groups is 2. The number of thioether (sulfide) groups is 1. The summed E-state index contributed by atoms with van der Waals surface area (Å²) in [6.07, 6.45) is 0. The normalized spacial score (nSPS) is 10.9. The van der Waals surface area contributed by atoms with Gasteiger partial charge in [0, 0.05) is 24.8 Å². The van der Waals surface area contributed by atoms with Crippen LogP contribution in [0.3, 0.4) is 0 Å². The van der Waals surface area contributed by atoms with E-state index in [2.05, 4.69) is 10.3 Å². The van der Waals surface area contributed by atoms with E-state index in [4.69, 9.17) is 4.74 Å². The van der Waals surface area contributed by atoms with E-state index >= 15 is 0 Å². The SMILES string of the molecule is COCCNC(=O)c1ccc2c(=O)n(-c3cccc(F)c3)c(SCC(=O)c3ccccc3)nc2c1. The van der Waals surface area contributed by atoms with Gasteiger partial charge in [0.2, 0.25) is 0 Å². The number of ether oxygens (including phenoxy) is 1. The van der Waals surface area contributed by atoms with Gasteiger partial charge in [-0.3, -0.25) is 19.0 Å². The van der Waals surface area contributed by atoms with Crippen molar-refractivity contribution in [2.75, 3.05) is 26.0 Å². The first-order chi connectivity index (χ1) is 17.0. The number of nitrogens with one attached hydrogen (secondary N) is 1. The van der Waals surface area contributed by atoms with E-state index in [0.29, 0.717) is 35.5 Å². The van der Waals surface area contributed by atoms with Gasteiger partial charge in [-0.2, -0.15) is 0 Å². The van der Waals surface area contributed by atoms with Crippen molar-refractivity contribution in [3.8, 4) is 5.69 Å². The number of nitrogens with zero attached hydrogens (tertiary/aromatic N) is 2. The summed E-state index contributed by atoms with van der Waals surface area (Å²) >= 11 is 1.07. The zero-order valence-corrected chi connectivity index (χ0v) is 19.7. The summed E-state index contributed by atoms with van der Waals surface area (Å²) in [7, 11) is 1.54. The highest BCUT2D eigenvalue weighted by molar-refractivity contribution is 7.99. The zero-order valence-electron chi connectivity index (χ0n) is 18.9. The van der Waals surface area contributed by atoms with Gasteiger partial charge in [-0.25, -0.2) is 9.37 Å². The predicted octanol–water partition coefficient (Wildman–Crippen LogP) is 3.88. The fourth-order valence-corrected chi connectivity index (χ4v) is 4.36. The number of amides is 1. The first-order valence-electron chi connectivity index (χ1n) is 10.8. The average Bonchev–Trinajstić information content (AvgIpc) is 2.87. The number of aromatic nitrogens is 2. The molecule has 0 unspecified atom stereocenters. The van der Waals surface area contributed by atoms with Crippen LogP contribution in [0.1, 0.15) is 20.7 Å². The number of ketones is 1. The quantitative estimate of drug-likeness (QED) is 0.165. The third-order valence-corrected chi connectivity index (χ3v) is 6.13. The van der Waals surface area contributed by atoms with E-state index in [1.54, 1.807) is 30.3 Å². The molecule has 0 radical (unpaired) electrons. The largest absolute Gasteiger partial charge is 0.383 e. The molecule has 0 aliphatic carbocycles. The van der Waals surface area contributed by atoms with E-state index < -0.39 is 11.4 Å². The van der Waals surface area contributed by atoms with Crippen LogP contribution in [0.4, 0.5) is 4.39 Å². The summed E-state index contributed by atoms with van der Waals surface area (Å²) in [4.78, 5) is 43.2. The maximum absolute atomic E-state index is 14.0. The summed E-state index contributed by atoms with van der Waals surface area (Å²) in [5.74, 6) is -0.946. The Hall–Kier alpha value is -3.82. The Labute approximate surface area is 205 Å². The molecule has 4 aromatic rings. The highest BCUT2D eigenvalue weighted by Gasteiger charge is 2.17. The van der Waals surface area contributed by atoms with Gasteiger partial charge >= 0.3 is 0 Å². The molecule has 35 heavy (non-hydrogen) atoms. The molecular weight excluding hydrogens is 469 g/mol. The molecule has 1 amide bonds. The van der Waals surface area contributed by atoms with Crippen molar-refractivity contribution in [3.05, 3.63) is 100 Å². The minimum absolute atomic E-state index is 0.0223. The molecule has 0 atom stereocenters. The Balaban J connectivity index is 1.75. The molecular formula is C26H22FN3O4S. The number of rotatable bonds is 9. The number of fused-ring (bicyclic) bond motifs is 1. The third-order valence-electron chi connectivity index (χ3n) is 5.19. The maximum atomic E-state index is 14.0. The van der Waals surface area contributed by atoms with Crippen molar-refractivity contribution < 1.29 is 18.7 Å². The Morgan fingerprint density at radius 3 is 2.57 bits per heavy atom. The molecule has 0 saturated carbocycles. The fourth-order valence-electron chi connectivity index (χ4n) is 3.45. The van der Waals surface area contributed by atoms with Gasteiger partial charge in [-0.15, -0.1) is 0 Å². The topological polar surface area (TPSA) is 90.3 Å². The van der Waals surface area contributed by atoms with Crippen molar-refractivity contribution in [1.29, 1.82) is 0 Å². The minimum atomic E-state index is -0.506. The van der Waals surface area contributed by atoms with Crippen LogP contribution < -0.4 is 10.9 Å². The third kappa shape index (κ3) is 5.64. The van der Waals surface area contributed by atoms with Crippen molar-refractivity contribution in [1.82, 2.24) is 14.9 Å². The molecule has 9 heteroatoms. The monoisotopic (exact) mass is 491 g/mol. The van der Waals surface area contributed by atoms with E-state index in [1.165, 1.54) is 48.1 Å². The molecule has 0 saturated heterocycles. The number of benzene rings is 3. The first kappa shape index (κ1) is 24.3. The zero-order chi connectivity index (χ0) is 24.8. The smallest absolute Gasteiger partial charge is 0.266 e. The number of hydrogen-bond acceptors (Lipinski definition) is 6. The lowest BCUT2D eigenvalue weighted by Crippen LogP contribution is -2.27. The Kier molecular flexibility index (Phi) is 7.69. The van der Waals surface area contributed by atoms with Gasteiger partial charge in [0.15, 0.2) is 10.9 Å². The van der Waals surface area contributed by atoms with Crippen LogP contribution in [0.2, 0.25) is 0 Å². The van der Waals surface area contributed by atoms with E-state index in [0.717, 1.165) is 11.8 Å². The van der Waals surface area contributed by atoms with Gasteiger partial charge in [0.05, 0.1) is 29.0 Å². The van der Waals surface area contributed by atoms with Crippen molar-refractivity contribution in [2.24, 2.45) is 0 Å². The Morgan fingerprint density at radius 1 is 1.03 bits per heavy atom. The first-order valence-corrected chi connectivity index (χ1v) is 11.8. The molecule has 4 rings (SSSR count). The molecule has 1 aromatic heterocycles. The number of hydrogen-bond donors (Lipinski definition) is 1. The molecule has 0 aliphatic rings. The maximum Gasteiger partial charge on any atom is 0.266 e. The van der Waals surface area contributed by atoms with Gasteiger partial charge in [-0.05, 0) is 36.4 Å². The Bertz CT molecular complexity index is 1440. The van der Waals surface area contributed by atoms with Crippen LogP contribution in [0, 0.1) is 5.82 Å². The second-order valence-corrected chi connectivity index (χ2v) is 8.52. The number of methoxy groups -OCH3 is 1. The highest BCUT2D eigenvalue weighted by atomic mass is 32.2. The summed E-state index contributed by atoms with van der Waals surface area (Å²) < 4.78 is 20.2. The van der Waals surface area contributed by atoms with Gasteiger partial charge < -0.3 is 10.1 Å². The lowest BCUT2D eigenvalue weighted by Gasteiger charge is -2.14. The summed E-state index contributed by atoms with van der Waals surface area (Å²) in [6, 6.07) is 19.0. The van der Waals surface area contributed by atoms with Crippen LogP contribution in [0.5, 0.6) is 0 Å². The predicted molar refractivity (Wildman–Crippen MR) is 133 cm³/mol. The molecule has 0 spiro atoms. The van der Waals surface area contributed by atoms with Gasteiger partial charge in [-0.1, -0.05) is 48.2 Å². The molecule has 1 N–H and O–H groups in total. The second-order valence-electron chi connectivity index (χ2n) is 7.57. The number of Topliss-reactive ketones (excluding diaryl/α,β-unsaturated/α-hetero) is 1. The van der Waals surface area contributed by atoms with Gasteiger partial charge in [0.1, 0.15) is 5.82 Å². The second kappa shape index (κ2) is 11.1. The fraction of sp³-hybridized carbons (Fsp3) is 0.154. The lowest BCUT2D eigenvalue weighted by atomic mass is 10.1. The van der Waals surface area contributed by atoms with E-state index in [9.17, 15) is 18.8 Å². The van der Waals surface area contributed by atoms with Crippen LogP contribution in [0.25, 0.3) is 16.6 Å². The molecule has 0 bridgehead atoms. The molecule has 3 aromatic carbocycles. The summed E-state index contributed by atoms with van der Waals surface area (Å²) in [6.45, 7) is 0.705. The number of halogens is 1. The van der Waals surface area contributed by atoms with Crippen molar-refractivity contribution in [2.45, 2.75) is 5.16 Å². The van der Waals surface area contributed by atoms with E-state index in [-0.39, 0.29) is 28.0 Å². The van der Waals surface area contributed by atoms with Crippen molar-refractivity contribution in [3.63, 3.8) is 0 Å². The van der Waals surface area contributed by atoms with Crippen LogP contribution in [-0.4, -0.2) is 47.3 Å². The minimum Gasteiger partial charge on any atom is -0.383 e. The molecule has 7 nitrogen and oxygen atoms in total. The summed E-state index contributed by atoms with van der Waals surface area (Å²) in [5, 5.41) is 3.21. The lowest BCUT2D eigenvalue weighted by molar-refractivity contribution is 0.0936. The van der Waals surface area contributed by atoms with Crippen LogP contribution in [-0.2, 0) is 4.74 Å². The van der Waals surface area contributed by atoms with Gasteiger partial charge in [0.25, 0.3) is 11.5 Å². The Morgan fingerprint density at radius 2 is 1.83 bits per heavy atom. The molecule has 0 fully saturated rings. The van der Waals surface area contributed by atoms with E-state index in [1.807, 2.05) is 6.07 Å². The molecule has 1 heterocycles. The average molecular weight is 492 g/mol. The van der Waals surface area contributed by atoms with Crippen LogP contribution >= 0.6 is 11.8 Å². The summed E-state index contributed by atoms with van der Waals surface area (Å²) in [5.41, 5.74) is 1.04. The highest BCUT2D eigenvalue weighted by Crippen LogP contribution is 2.23. The molecule has 178 valence electrons. The van der Waals surface area contributed by atoms with Crippen molar-refractivity contribution >= 4 is 34.4 Å². The standard InChI is InChI=1S/C26H22FN3O4S/c1-34-13-12-28-24(32)18-10-11-21-22(14-18)29-26(35-16-23(31)17-6-3-2-4-7-17)30(25(21)33)20-9-5-8-19(27)15-20/h2-11,14-15H,12-13,16H2,1H3,(H,28,32). The number of carbonyl (C=O) groups excluding carboxylic acids is 2. The molecule has 0 aliphatic heterocycles.